The largest absolute Gasteiger partial charge is 0.378 e. The lowest BCUT2D eigenvalue weighted by Gasteiger charge is -2.09. The van der Waals surface area contributed by atoms with E-state index in [1.54, 1.807) is 0 Å². The first-order chi connectivity index (χ1) is 5.43. The van der Waals surface area contributed by atoms with Crippen LogP contribution in [-0.4, -0.2) is 18.6 Å². The fraction of sp³-hybridized carbons (Fsp3) is 1.00. The molecule has 0 heterocycles. The second kappa shape index (κ2) is 5.84. The van der Waals surface area contributed by atoms with E-state index in [2.05, 4.69) is 0 Å². The Balaban J connectivity index is 1.86. The maximum absolute atomic E-state index is 5.65. The van der Waals surface area contributed by atoms with Crippen LogP contribution in [0.25, 0.3) is 0 Å². The molecular formula is C9H17ClO. The normalized spacial score (nSPS) is 19.4. The Kier molecular flexibility index (Phi) is 4.96. The second-order valence-electron chi connectivity index (χ2n) is 3.17. The van der Waals surface area contributed by atoms with Gasteiger partial charge in [0.05, 0.1) is 6.10 Å². The van der Waals surface area contributed by atoms with Crippen LogP contribution in [0.15, 0.2) is 0 Å². The summed E-state index contributed by atoms with van der Waals surface area (Å²) in [4.78, 5) is 0. The van der Waals surface area contributed by atoms with Gasteiger partial charge in [-0.15, -0.1) is 11.6 Å². The summed E-state index contributed by atoms with van der Waals surface area (Å²) in [6.07, 6.45) is 8.07. The summed E-state index contributed by atoms with van der Waals surface area (Å²) < 4.78 is 5.65. The van der Waals surface area contributed by atoms with Gasteiger partial charge in [0.1, 0.15) is 0 Å². The molecule has 1 fully saturated rings. The van der Waals surface area contributed by atoms with E-state index in [4.69, 9.17) is 16.3 Å². The monoisotopic (exact) mass is 176 g/mol. The van der Waals surface area contributed by atoms with Crippen LogP contribution in [0.5, 0.6) is 0 Å². The summed E-state index contributed by atoms with van der Waals surface area (Å²) in [5, 5.41) is 0. The lowest BCUT2D eigenvalue weighted by molar-refractivity contribution is 0.0566. The van der Waals surface area contributed by atoms with Crippen molar-refractivity contribution < 1.29 is 4.74 Å². The summed E-state index contributed by atoms with van der Waals surface area (Å²) in [7, 11) is 0. The highest BCUT2D eigenvalue weighted by molar-refractivity contribution is 6.17. The number of ether oxygens (including phenoxy) is 1. The molecule has 0 saturated heterocycles. The van der Waals surface area contributed by atoms with Crippen molar-refractivity contribution in [2.24, 2.45) is 0 Å². The van der Waals surface area contributed by atoms with E-state index in [1.807, 2.05) is 0 Å². The predicted octanol–water partition coefficient (Wildman–Crippen LogP) is 2.96. The molecule has 66 valence electrons. The van der Waals surface area contributed by atoms with Crippen LogP contribution in [-0.2, 0) is 4.74 Å². The van der Waals surface area contributed by atoms with Gasteiger partial charge in [0, 0.05) is 12.5 Å². The zero-order valence-electron chi connectivity index (χ0n) is 7.02. The molecule has 1 aliphatic carbocycles. The number of unbranched alkanes of at least 4 members (excludes halogenated alkanes) is 1. The van der Waals surface area contributed by atoms with E-state index in [-0.39, 0.29) is 0 Å². The van der Waals surface area contributed by atoms with E-state index < -0.39 is 0 Å². The van der Waals surface area contributed by atoms with Gasteiger partial charge in [0.25, 0.3) is 0 Å². The minimum absolute atomic E-state index is 0.574. The molecule has 1 nitrogen and oxygen atoms in total. The highest BCUT2D eigenvalue weighted by Crippen LogP contribution is 2.20. The molecule has 0 aromatic carbocycles. The molecule has 0 bridgehead atoms. The van der Waals surface area contributed by atoms with E-state index in [9.17, 15) is 0 Å². The Morgan fingerprint density at radius 1 is 1.18 bits per heavy atom. The molecule has 0 atom stereocenters. The predicted molar refractivity (Wildman–Crippen MR) is 48.2 cm³/mol. The van der Waals surface area contributed by atoms with Gasteiger partial charge >= 0.3 is 0 Å². The van der Waals surface area contributed by atoms with E-state index in [1.165, 1.54) is 25.7 Å². The lowest BCUT2D eigenvalue weighted by atomic mass is 10.3. The van der Waals surface area contributed by atoms with E-state index >= 15 is 0 Å². The maximum atomic E-state index is 5.65. The van der Waals surface area contributed by atoms with Crippen molar-refractivity contribution in [3.05, 3.63) is 0 Å². The number of hydrogen-bond donors (Lipinski definition) is 0. The van der Waals surface area contributed by atoms with Gasteiger partial charge in [0.15, 0.2) is 0 Å². The summed E-state index contributed by atoms with van der Waals surface area (Å²) in [6.45, 7) is 0.914. The molecule has 0 radical (unpaired) electrons. The number of rotatable bonds is 5. The third-order valence-electron chi connectivity index (χ3n) is 2.18. The third kappa shape index (κ3) is 3.97. The fourth-order valence-electron chi connectivity index (χ4n) is 1.50. The smallest absolute Gasteiger partial charge is 0.0575 e. The Morgan fingerprint density at radius 2 is 1.91 bits per heavy atom. The summed E-state index contributed by atoms with van der Waals surface area (Å²) in [6, 6.07) is 0. The van der Waals surface area contributed by atoms with E-state index in [0.29, 0.717) is 6.10 Å². The highest BCUT2D eigenvalue weighted by Gasteiger charge is 2.14. The van der Waals surface area contributed by atoms with Crippen molar-refractivity contribution in [2.45, 2.75) is 44.6 Å². The van der Waals surface area contributed by atoms with Gasteiger partial charge < -0.3 is 4.74 Å². The third-order valence-corrected chi connectivity index (χ3v) is 2.45. The molecule has 2 heteroatoms. The molecule has 0 unspecified atom stereocenters. The number of alkyl halides is 1. The second-order valence-corrected chi connectivity index (χ2v) is 3.55. The van der Waals surface area contributed by atoms with Crippen molar-refractivity contribution in [1.29, 1.82) is 0 Å². The van der Waals surface area contributed by atoms with Gasteiger partial charge in [-0.25, -0.2) is 0 Å². The molecule has 1 aliphatic rings. The van der Waals surface area contributed by atoms with Crippen LogP contribution in [0.1, 0.15) is 38.5 Å². The van der Waals surface area contributed by atoms with Crippen molar-refractivity contribution in [3.63, 3.8) is 0 Å². The molecule has 11 heavy (non-hydrogen) atoms. The maximum Gasteiger partial charge on any atom is 0.0575 e. The van der Waals surface area contributed by atoms with Gasteiger partial charge in [-0.3, -0.25) is 0 Å². The zero-order chi connectivity index (χ0) is 7.94. The Morgan fingerprint density at radius 3 is 2.55 bits per heavy atom. The summed E-state index contributed by atoms with van der Waals surface area (Å²) >= 11 is 5.54. The van der Waals surface area contributed by atoms with Crippen LogP contribution < -0.4 is 0 Å². The lowest BCUT2D eigenvalue weighted by Crippen LogP contribution is -2.08. The molecular weight excluding hydrogens is 160 g/mol. The molecule has 1 rings (SSSR count). The van der Waals surface area contributed by atoms with Gasteiger partial charge in [-0.05, 0) is 25.7 Å². The number of halogens is 1. The van der Waals surface area contributed by atoms with Gasteiger partial charge in [-0.2, -0.15) is 0 Å². The van der Waals surface area contributed by atoms with Crippen molar-refractivity contribution in [2.75, 3.05) is 12.5 Å². The topological polar surface area (TPSA) is 9.23 Å². The van der Waals surface area contributed by atoms with Crippen molar-refractivity contribution >= 4 is 11.6 Å². The van der Waals surface area contributed by atoms with Crippen LogP contribution >= 0.6 is 11.6 Å². The van der Waals surface area contributed by atoms with Crippen LogP contribution in [0.4, 0.5) is 0 Å². The van der Waals surface area contributed by atoms with Crippen LogP contribution in [0.2, 0.25) is 0 Å². The number of hydrogen-bond acceptors (Lipinski definition) is 1. The SMILES string of the molecule is ClCCCCOC1CCCC1. The molecule has 0 N–H and O–H groups in total. The fourth-order valence-corrected chi connectivity index (χ4v) is 1.69. The Hall–Kier alpha value is 0.250. The van der Waals surface area contributed by atoms with Crippen molar-refractivity contribution in [3.8, 4) is 0 Å². The van der Waals surface area contributed by atoms with Gasteiger partial charge in [-0.1, -0.05) is 12.8 Å². The minimum Gasteiger partial charge on any atom is -0.378 e. The average Bonchev–Trinajstić information content (AvgIpc) is 2.50. The van der Waals surface area contributed by atoms with E-state index in [0.717, 1.165) is 25.3 Å². The molecule has 0 aliphatic heterocycles. The molecule has 1 saturated carbocycles. The van der Waals surface area contributed by atoms with Gasteiger partial charge in [0.2, 0.25) is 0 Å². The minimum atomic E-state index is 0.574. The molecule has 0 aromatic rings. The first-order valence-electron chi connectivity index (χ1n) is 4.61. The standard InChI is InChI=1S/C9H17ClO/c10-7-3-4-8-11-9-5-1-2-6-9/h9H,1-8H2. The summed E-state index contributed by atoms with van der Waals surface area (Å²) in [5.74, 6) is 0.772. The highest BCUT2D eigenvalue weighted by atomic mass is 35.5. The average molecular weight is 177 g/mol. The first kappa shape index (κ1) is 9.34. The molecule has 0 spiro atoms. The van der Waals surface area contributed by atoms with Crippen LogP contribution in [0, 0.1) is 0 Å². The Labute approximate surface area is 74.1 Å². The molecule has 0 amide bonds. The first-order valence-corrected chi connectivity index (χ1v) is 5.14. The quantitative estimate of drug-likeness (QED) is 0.462. The van der Waals surface area contributed by atoms with Crippen molar-refractivity contribution in [1.82, 2.24) is 0 Å². The van der Waals surface area contributed by atoms with Crippen LogP contribution in [0.3, 0.4) is 0 Å². The summed E-state index contributed by atoms with van der Waals surface area (Å²) in [5.41, 5.74) is 0. The molecule has 0 aromatic heterocycles. The zero-order valence-corrected chi connectivity index (χ0v) is 7.78. The Bertz CT molecular complexity index is 89.6.